The molecule has 0 spiro atoms. The Balaban J connectivity index is 0.00000289. The minimum atomic E-state index is -0.210. The van der Waals surface area contributed by atoms with Crippen molar-refractivity contribution in [3.63, 3.8) is 0 Å². The lowest BCUT2D eigenvalue weighted by atomic mass is 9.74. The molecule has 4 rings (SSSR count). The highest BCUT2D eigenvalue weighted by Gasteiger charge is 2.34. The zero-order chi connectivity index (χ0) is 21.7. The van der Waals surface area contributed by atoms with Crippen molar-refractivity contribution in [1.82, 2.24) is 4.90 Å². The van der Waals surface area contributed by atoms with E-state index in [-0.39, 0.29) is 35.2 Å². The first-order valence-corrected chi connectivity index (χ1v) is 10.9. The number of rotatable bonds is 5. The molecule has 174 valence electrons. The van der Waals surface area contributed by atoms with Crippen LogP contribution < -0.4 is 15.4 Å². The van der Waals surface area contributed by atoms with Crippen molar-refractivity contribution in [2.45, 2.75) is 18.3 Å². The first-order valence-electron chi connectivity index (χ1n) is 10.9. The predicted molar refractivity (Wildman–Crippen MR) is 137 cm³/mol. The summed E-state index contributed by atoms with van der Waals surface area (Å²) in [6.45, 7) is 5.37. The van der Waals surface area contributed by atoms with E-state index >= 15 is 0 Å². The summed E-state index contributed by atoms with van der Waals surface area (Å²) in [5.74, 6) is 1.24. The number of anilines is 1. The molecule has 0 amide bonds. The molecule has 0 atom stereocenters. The summed E-state index contributed by atoms with van der Waals surface area (Å²) in [4.78, 5) is 9.23. The van der Waals surface area contributed by atoms with E-state index < -0.39 is 0 Å². The molecule has 0 aliphatic carbocycles. The number of piperazine rings is 1. The van der Waals surface area contributed by atoms with Gasteiger partial charge in [0, 0.05) is 50.5 Å². The van der Waals surface area contributed by atoms with Gasteiger partial charge in [-0.1, -0.05) is 12.1 Å². The Morgan fingerprint density at radius 1 is 1.03 bits per heavy atom. The fourth-order valence-electron chi connectivity index (χ4n) is 4.42. The van der Waals surface area contributed by atoms with Gasteiger partial charge in [0.25, 0.3) is 0 Å². The monoisotopic (exact) mass is 554 g/mol. The predicted octanol–water partition coefficient (Wildman–Crippen LogP) is 3.64. The van der Waals surface area contributed by atoms with Gasteiger partial charge in [-0.15, -0.1) is 24.0 Å². The van der Waals surface area contributed by atoms with Crippen molar-refractivity contribution in [1.29, 1.82) is 0 Å². The molecule has 2 aromatic rings. The van der Waals surface area contributed by atoms with Crippen LogP contribution in [0.5, 0.6) is 5.75 Å². The minimum absolute atomic E-state index is 0. The molecule has 2 N–H and O–H groups in total. The van der Waals surface area contributed by atoms with Gasteiger partial charge in [0.2, 0.25) is 0 Å². The topological polar surface area (TPSA) is 63.3 Å². The molecule has 32 heavy (non-hydrogen) atoms. The summed E-state index contributed by atoms with van der Waals surface area (Å²) >= 11 is 0. The van der Waals surface area contributed by atoms with Gasteiger partial charge in [-0.3, -0.25) is 4.99 Å². The Kier molecular flexibility index (Phi) is 8.58. The summed E-state index contributed by atoms with van der Waals surface area (Å²) in [7, 11) is 1.68. The molecule has 8 heteroatoms. The van der Waals surface area contributed by atoms with E-state index in [4.69, 9.17) is 20.2 Å². The molecule has 2 heterocycles. The van der Waals surface area contributed by atoms with Crippen LogP contribution in [0.4, 0.5) is 10.1 Å². The van der Waals surface area contributed by atoms with Crippen molar-refractivity contribution >= 4 is 35.6 Å². The largest absolute Gasteiger partial charge is 0.497 e. The molecular weight excluding hydrogens is 522 g/mol. The fourth-order valence-corrected chi connectivity index (χ4v) is 4.42. The van der Waals surface area contributed by atoms with E-state index in [0.717, 1.165) is 63.7 Å². The number of nitrogens with two attached hydrogens (primary N) is 1. The number of aliphatic imine (C=N–C) groups is 1. The summed E-state index contributed by atoms with van der Waals surface area (Å²) in [6, 6.07) is 14.9. The Labute approximate surface area is 206 Å². The van der Waals surface area contributed by atoms with Gasteiger partial charge in [0.1, 0.15) is 11.6 Å². The zero-order valence-corrected chi connectivity index (χ0v) is 20.8. The number of halogens is 2. The van der Waals surface area contributed by atoms with Gasteiger partial charge in [0.05, 0.1) is 13.7 Å². The van der Waals surface area contributed by atoms with Crippen molar-refractivity contribution in [2.75, 3.05) is 57.9 Å². The first kappa shape index (κ1) is 24.6. The van der Waals surface area contributed by atoms with Crippen molar-refractivity contribution in [2.24, 2.45) is 10.7 Å². The van der Waals surface area contributed by atoms with Crippen molar-refractivity contribution in [3.8, 4) is 5.75 Å². The number of guanidine groups is 1. The standard InChI is InChI=1S/C24H31FN4O2.HI/c1-30-22-8-2-19(3-9-22)24(10-16-31-17-11-24)18-27-23(26)29-14-12-28(13-15-29)21-6-4-20(25)5-7-21;/h2-9H,10-18H2,1H3,(H2,26,27);1H. The maximum atomic E-state index is 13.2. The average molecular weight is 554 g/mol. The summed E-state index contributed by atoms with van der Waals surface area (Å²) < 4.78 is 24.1. The van der Waals surface area contributed by atoms with Gasteiger partial charge in [0.15, 0.2) is 5.96 Å². The van der Waals surface area contributed by atoms with Crippen LogP contribution in [0, 0.1) is 5.82 Å². The number of methoxy groups -OCH3 is 1. The molecule has 0 radical (unpaired) electrons. The SMILES string of the molecule is COc1ccc(C2(CN=C(N)N3CCN(c4ccc(F)cc4)CC3)CCOCC2)cc1.I. The van der Waals surface area contributed by atoms with E-state index in [1.54, 1.807) is 7.11 Å². The first-order chi connectivity index (χ1) is 15.1. The highest BCUT2D eigenvalue weighted by Crippen LogP contribution is 2.36. The van der Waals surface area contributed by atoms with Crippen LogP contribution in [0.15, 0.2) is 53.5 Å². The molecule has 6 nitrogen and oxygen atoms in total. The third-order valence-electron chi connectivity index (χ3n) is 6.49. The van der Waals surface area contributed by atoms with Crippen LogP contribution in [-0.2, 0) is 10.2 Å². The van der Waals surface area contributed by atoms with E-state index in [9.17, 15) is 4.39 Å². The normalized spacial score (nSPS) is 18.8. The van der Waals surface area contributed by atoms with Gasteiger partial charge in [-0.2, -0.15) is 0 Å². The van der Waals surface area contributed by atoms with Crippen LogP contribution in [0.2, 0.25) is 0 Å². The summed E-state index contributed by atoms with van der Waals surface area (Å²) in [5.41, 5.74) is 8.64. The van der Waals surface area contributed by atoms with Crippen LogP contribution in [0.1, 0.15) is 18.4 Å². The molecule has 0 bridgehead atoms. The van der Waals surface area contributed by atoms with E-state index in [1.165, 1.54) is 17.7 Å². The van der Waals surface area contributed by atoms with Crippen LogP contribution >= 0.6 is 24.0 Å². The van der Waals surface area contributed by atoms with E-state index in [1.807, 2.05) is 24.3 Å². The Morgan fingerprint density at radius 2 is 1.66 bits per heavy atom. The Bertz CT molecular complexity index is 878. The number of ether oxygens (including phenoxy) is 2. The fraction of sp³-hybridized carbons (Fsp3) is 0.458. The third-order valence-corrected chi connectivity index (χ3v) is 6.49. The quantitative estimate of drug-likeness (QED) is 0.348. The van der Waals surface area contributed by atoms with Crippen LogP contribution in [-0.4, -0.2) is 63.9 Å². The summed E-state index contributed by atoms with van der Waals surface area (Å²) in [5, 5.41) is 0. The maximum Gasteiger partial charge on any atom is 0.191 e. The second-order valence-corrected chi connectivity index (χ2v) is 8.25. The lowest BCUT2D eigenvalue weighted by molar-refractivity contribution is 0.0530. The highest BCUT2D eigenvalue weighted by atomic mass is 127. The molecule has 2 saturated heterocycles. The molecule has 2 fully saturated rings. The molecule has 0 aromatic heterocycles. The summed E-state index contributed by atoms with van der Waals surface area (Å²) in [6.07, 6.45) is 1.85. The molecule has 2 aliphatic rings. The van der Waals surface area contributed by atoms with Gasteiger partial charge in [-0.25, -0.2) is 4.39 Å². The molecule has 0 unspecified atom stereocenters. The van der Waals surface area contributed by atoms with Gasteiger partial charge >= 0.3 is 0 Å². The smallest absolute Gasteiger partial charge is 0.191 e. The van der Waals surface area contributed by atoms with Gasteiger partial charge < -0.3 is 25.0 Å². The molecule has 2 aromatic carbocycles. The second kappa shape index (κ2) is 11.2. The molecule has 0 saturated carbocycles. The Morgan fingerprint density at radius 3 is 2.25 bits per heavy atom. The van der Waals surface area contributed by atoms with Crippen molar-refractivity contribution in [3.05, 3.63) is 59.9 Å². The number of benzene rings is 2. The second-order valence-electron chi connectivity index (χ2n) is 8.25. The minimum Gasteiger partial charge on any atom is -0.497 e. The lowest BCUT2D eigenvalue weighted by Gasteiger charge is -2.38. The van der Waals surface area contributed by atoms with Gasteiger partial charge in [-0.05, 0) is 54.8 Å². The maximum absolute atomic E-state index is 13.2. The number of hydrogen-bond donors (Lipinski definition) is 1. The van der Waals surface area contributed by atoms with E-state index in [0.29, 0.717) is 12.5 Å². The van der Waals surface area contributed by atoms with Crippen LogP contribution in [0.3, 0.4) is 0 Å². The Hall–Kier alpha value is -2.07. The zero-order valence-electron chi connectivity index (χ0n) is 18.5. The van der Waals surface area contributed by atoms with Crippen molar-refractivity contribution < 1.29 is 13.9 Å². The third kappa shape index (κ3) is 5.64. The lowest BCUT2D eigenvalue weighted by Crippen LogP contribution is -2.51. The molecular formula is C24H32FIN4O2. The number of nitrogens with zero attached hydrogens (tertiary/aromatic N) is 3. The number of hydrogen-bond acceptors (Lipinski definition) is 4. The molecule has 2 aliphatic heterocycles. The van der Waals surface area contributed by atoms with E-state index in [2.05, 4.69) is 21.9 Å². The highest BCUT2D eigenvalue weighted by molar-refractivity contribution is 14.0. The van der Waals surface area contributed by atoms with Crippen LogP contribution in [0.25, 0.3) is 0 Å². The average Bonchev–Trinajstić information content (AvgIpc) is 2.84.